The third-order valence-corrected chi connectivity index (χ3v) is 5.26. The molecular weight excluding hydrogens is 340 g/mol. The molecule has 0 fully saturated rings. The fourth-order valence-corrected chi connectivity index (χ4v) is 3.64. The van der Waals surface area contributed by atoms with Gasteiger partial charge in [-0.3, -0.25) is 4.72 Å². The summed E-state index contributed by atoms with van der Waals surface area (Å²) in [7, 11) is -3.39. The molecule has 6 heteroatoms. The average Bonchev–Trinajstić information content (AvgIpc) is 2.30. The van der Waals surface area contributed by atoms with Crippen molar-refractivity contribution >= 4 is 31.6 Å². The van der Waals surface area contributed by atoms with Gasteiger partial charge >= 0.3 is 0 Å². The van der Waals surface area contributed by atoms with Crippen molar-refractivity contribution in [1.82, 2.24) is 5.32 Å². The van der Waals surface area contributed by atoms with Crippen LogP contribution in [-0.4, -0.2) is 26.3 Å². The first-order valence-electron chi connectivity index (χ1n) is 6.65. The molecule has 1 aromatic carbocycles. The molecule has 0 aliphatic rings. The number of sulfonamides is 1. The molecule has 2 N–H and O–H groups in total. The molecule has 4 nitrogen and oxygen atoms in total. The molecule has 1 rings (SSSR count). The Balaban J connectivity index is 2.91. The van der Waals surface area contributed by atoms with Crippen molar-refractivity contribution in [2.75, 3.05) is 11.3 Å². The second-order valence-corrected chi connectivity index (χ2v) is 8.45. The number of rotatable bonds is 6. The standard InChI is InChI=1S/C14H23BrN2O2S/c1-9(2)16-8-12(5)20(18,19)17-14-10(3)6-13(15)7-11(14)4/h6-7,9,12,16-17H,8H2,1-5H3. The van der Waals surface area contributed by atoms with Gasteiger partial charge in [-0.05, 0) is 44.0 Å². The van der Waals surface area contributed by atoms with Gasteiger partial charge in [0.1, 0.15) is 0 Å². The zero-order valence-electron chi connectivity index (χ0n) is 12.6. The Morgan fingerprint density at radius 2 is 1.65 bits per heavy atom. The average molecular weight is 363 g/mol. The lowest BCUT2D eigenvalue weighted by Crippen LogP contribution is -2.37. The van der Waals surface area contributed by atoms with Crippen LogP contribution in [0.5, 0.6) is 0 Å². The predicted molar refractivity (Wildman–Crippen MR) is 88.8 cm³/mol. The molecule has 0 saturated carbocycles. The monoisotopic (exact) mass is 362 g/mol. The first-order valence-corrected chi connectivity index (χ1v) is 8.99. The van der Waals surface area contributed by atoms with Crippen molar-refractivity contribution in [3.8, 4) is 0 Å². The topological polar surface area (TPSA) is 58.2 Å². The van der Waals surface area contributed by atoms with Crippen LogP contribution in [0.1, 0.15) is 31.9 Å². The van der Waals surface area contributed by atoms with E-state index in [0.717, 1.165) is 15.6 Å². The van der Waals surface area contributed by atoms with Crippen LogP contribution in [0.2, 0.25) is 0 Å². The molecular formula is C14H23BrN2O2S. The van der Waals surface area contributed by atoms with Crippen LogP contribution in [0.4, 0.5) is 5.69 Å². The fraction of sp³-hybridized carbons (Fsp3) is 0.571. The second kappa shape index (κ2) is 6.91. The minimum Gasteiger partial charge on any atom is -0.313 e. The maximum absolute atomic E-state index is 12.3. The fourth-order valence-electron chi connectivity index (χ4n) is 1.83. The summed E-state index contributed by atoms with van der Waals surface area (Å²) in [5, 5.41) is 2.66. The number of nitrogens with one attached hydrogen (secondary N) is 2. The highest BCUT2D eigenvalue weighted by Gasteiger charge is 2.22. The highest BCUT2D eigenvalue weighted by molar-refractivity contribution is 9.10. The minimum atomic E-state index is -3.39. The van der Waals surface area contributed by atoms with Crippen LogP contribution in [0.25, 0.3) is 0 Å². The SMILES string of the molecule is Cc1cc(Br)cc(C)c1NS(=O)(=O)C(C)CNC(C)C. The normalized spacial score (nSPS) is 13.6. The lowest BCUT2D eigenvalue weighted by atomic mass is 10.1. The van der Waals surface area contributed by atoms with E-state index in [1.807, 2.05) is 39.8 Å². The Kier molecular flexibility index (Phi) is 6.04. The first-order chi connectivity index (χ1) is 9.13. The zero-order valence-corrected chi connectivity index (χ0v) is 15.0. The molecule has 114 valence electrons. The van der Waals surface area contributed by atoms with E-state index in [1.165, 1.54) is 0 Å². The maximum atomic E-state index is 12.3. The minimum absolute atomic E-state index is 0.267. The highest BCUT2D eigenvalue weighted by atomic mass is 79.9. The van der Waals surface area contributed by atoms with E-state index >= 15 is 0 Å². The van der Waals surface area contributed by atoms with E-state index < -0.39 is 15.3 Å². The Bertz CT molecular complexity index is 548. The summed E-state index contributed by atoms with van der Waals surface area (Å²) in [6.45, 7) is 9.92. The molecule has 0 aromatic heterocycles. The number of anilines is 1. The number of hydrogen-bond donors (Lipinski definition) is 2. The number of hydrogen-bond acceptors (Lipinski definition) is 3. The maximum Gasteiger partial charge on any atom is 0.236 e. The quantitative estimate of drug-likeness (QED) is 0.816. The summed E-state index contributed by atoms with van der Waals surface area (Å²) < 4.78 is 28.3. The largest absolute Gasteiger partial charge is 0.313 e. The first kappa shape index (κ1) is 17.5. The molecule has 0 saturated heterocycles. The van der Waals surface area contributed by atoms with Crippen LogP contribution < -0.4 is 10.0 Å². The van der Waals surface area contributed by atoms with Gasteiger partial charge in [-0.25, -0.2) is 8.42 Å². The van der Waals surface area contributed by atoms with Crippen LogP contribution in [-0.2, 0) is 10.0 Å². The summed E-state index contributed by atoms with van der Waals surface area (Å²) in [5.74, 6) is 0. The van der Waals surface area contributed by atoms with Gasteiger partial charge in [-0.2, -0.15) is 0 Å². The van der Waals surface area contributed by atoms with Crippen LogP contribution in [0.3, 0.4) is 0 Å². The molecule has 0 radical (unpaired) electrons. The molecule has 0 spiro atoms. The smallest absolute Gasteiger partial charge is 0.236 e. The van der Waals surface area contributed by atoms with Crippen LogP contribution >= 0.6 is 15.9 Å². The van der Waals surface area contributed by atoms with Gasteiger partial charge < -0.3 is 5.32 Å². The highest BCUT2D eigenvalue weighted by Crippen LogP contribution is 2.26. The van der Waals surface area contributed by atoms with E-state index in [0.29, 0.717) is 12.2 Å². The van der Waals surface area contributed by atoms with E-state index in [1.54, 1.807) is 6.92 Å². The van der Waals surface area contributed by atoms with Crippen molar-refractivity contribution in [3.05, 3.63) is 27.7 Å². The summed E-state index contributed by atoms with van der Waals surface area (Å²) in [6.07, 6.45) is 0. The molecule has 20 heavy (non-hydrogen) atoms. The molecule has 1 unspecified atom stereocenters. The lowest BCUT2D eigenvalue weighted by Gasteiger charge is -2.19. The summed E-state index contributed by atoms with van der Waals surface area (Å²) in [6, 6.07) is 4.08. The van der Waals surface area contributed by atoms with Crippen LogP contribution in [0.15, 0.2) is 16.6 Å². The van der Waals surface area contributed by atoms with E-state index in [4.69, 9.17) is 0 Å². The van der Waals surface area contributed by atoms with Crippen molar-refractivity contribution < 1.29 is 8.42 Å². The Labute approximate surface area is 130 Å². The van der Waals surface area contributed by atoms with E-state index in [2.05, 4.69) is 26.0 Å². The molecule has 0 aliphatic heterocycles. The second-order valence-electron chi connectivity index (χ2n) is 5.44. The van der Waals surface area contributed by atoms with Gasteiger partial charge in [0, 0.05) is 17.1 Å². The van der Waals surface area contributed by atoms with E-state index in [-0.39, 0.29) is 6.04 Å². The predicted octanol–water partition coefficient (Wildman–Crippen LogP) is 3.19. The summed E-state index contributed by atoms with van der Waals surface area (Å²) in [4.78, 5) is 0. The van der Waals surface area contributed by atoms with Gasteiger partial charge in [0.15, 0.2) is 0 Å². The van der Waals surface area contributed by atoms with Gasteiger partial charge in [0.25, 0.3) is 0 Å². The molecule has 0 amide bonds. The van der Waals surface area contributed by atoms with Crippen LogP contribution in [0, 0.1) is 13.8 Å². The third-order valence-electron chi connectivity index (χ3n) is 3.09. The van der Waals surface area contributed by atoms with Crippen molar-refractivity contribution in [2.24, 2.45) is 0 Å². The summed E-state index contributed by atoms with van der Waals surface area (Å²) in [5.41, 5.74) is 2.48. The van der Waals surface area contributed by atoms with Gasteiger partial charge in [-0.15, -0.1) is 0 Å². The van der Waals surface area contributed by atoms with Crippen molar-refractivity contribution in [1.29, 1.82) is 0 Å². The molecule has 1 aromatic rings. The van der Waals surface area contributed by atoms with E-state index in [9.17, 15) is 8.42 Å². The van der Waals surface area contributed by atoms with Crippen molar-refractivity contribution in [3.63, 3.8) is 0 Å². The molecule has 1 atom stereocenters. The number of halogens is 1. The van der Waals surface area contributed by atoms with Crippen molar-refractivity contribution in [2.45, 2.75) is 45.9 Å². The molecule has 0 heterocycles. The number of aryl methyl sites for hydroxylation is 2. The van der Waals surface area contributed by atoms with Gasteiger partial charge in [0.05, 0.1) is 10.9 Å². The molecule has 0 aliphatic carbocycles. The van der Waals surface area contributed by atoms with Gasteiger partial charge in [0.2, 0.25) is 10.0 Å². The Morgan fingerprint density at radius 3 is 2.10 bits per heavy atom. The zero-order chi connectivity index (χ0) is 15.5. The third kappa shape index (κ3) is 4.75. The summed E-state index contributed by atoms with van der Waals surface area (Å²) >= 11 is 3.41. The number of benzene rings is 1. The molecule has 0 bridgehead atoms. The Morgan fingerprint density at radius 1 is 1.15 bits per heavy atom. The Hall–Kier alpha value is -0.590. The lowest BCUT2D eigenvalue weighted by molar-refractivity contribution is 0.553. The van der Waals surface area contributed by atoms with Gasteiger partial charge in [-0.1, -0.05) is 29.8 Å².